The predicted octanol–water partition coefficient (Wildman–Crippen LogP) is 2.07. The zero-order valence-corrected chi connectivity index (χ0v) is 11.6. The molecule has 1 fully saturated rings. The lowest BCUT2D eigenvalue weighted by atomic mass is 10.1. The largest absolute Gasteiger partial charge is 0.350 e. The summed E-state index contributed by atoms with van der Waals surface area (Å²) in [5.74, 6) is 0.231. The van der Waals surface area contributed by atoms with Crippen molar-refractivity contribution in [2.75, 3.05) is 26.7 Å². The van der Waals surface area contributed by atoms with Crippen LogP contribution >= 0.6 is 23.2 Å². The second kappa shape index (κ2) is 5.87. The van der Waals surface area contributed by atoms with Crippen LogP contribution in [0.15, 0.2) is 12.1 Å². The van der Waals surface area contributed by atoms with Crippen molar-refractivity contribution in [3.8, 4) is 0 Å². The summed E-state index contributed by atoms with van der Waals surface area (Å²) < 4.78 is 0. The normalized spacial score (nSPS) is 20.1. The first-order valence-corrected chi connectivity index (χ1v) is 6.60. The summed E-state index contributed by atoms with van der Waals surface area (Å²) >= 11 is 11.7. The zero-order chi connectivity index (χ0) is 13.1. The number of pyridine rings is 1. The molecular formula is C12H15Cl2N3O. The lowest BCUT2D eigenvalue weighted by Crippen LogP contribution is -2.31. The van der Waals surface area contributed by atoms with E-state index < -0.39 is 0 Å². The molecule has 2 rings (SSSR count). The van der Waals surface area contributed by atoms with E-state index >= 15 is 0 Å². The predicted molar refractivity (Wildman–Crippen MR) is 72.2 cm³/mol. The number of carbonyl (C=O) groups is 1. The Balaban J connectivity index is 1.93. The van der Waals surface area contributed by atoms with E-state index in [4.69, 9.17) is 23.2 Å². The molecule has 98 valence electrons. The van der Waals surface area contributed by atoms with Crippen molar-refractivity contribution >= 4 is 29.1 Å². The van der Waals surface area contributed by atoms with Gasteiger partial charge in [-0.05, 0) is 38.1 Å². The average Bonchev–Trinajstić information content (AvgIpc) is 2.75. The highest BCUT2D eigenvalue weighted by Crippen LogP contribution is 2.17. The van der Waals surface area contributed by atoms with Gasteiger partial charge in [0, 0.05) is 13.1 Å². The molecular weight excluding hydrogens is 273 g/mol. The van der Waals surface area contributed by atoms with E-state index in [1.807, 2.05) is 0 Å². The van der Waals surface area contributed by atoms with Gasteiger partial charge in [-0.25, -0.2) is 4.98 Å². The smallest absolute Gasteiger partial charge is 0.271 e. The molecule has 1 saturated heterocycles. The molecule has 6 heteroatoms. The van der Waals surface area contributed by atoms with Crippen molar-refractivity contribution in [3.05, 3.63) is 28.0 Å². The van der Waals surface area contributed by atoms with Gasteiger partial charge in [0.05, 0.1) is 5.02 Å². The lowest BCUT2D eigenvalue weighted by Gasteiger charge is -2.12. The van der Waals surface area contributed by atoms with Crippen molar-refractivity contribution in [1.29, 1.82) is 0 Å². The van der Waals surface area contributed by atoms with Crippen LogP contribution in [0.5, 0.6) is 0 Å². The first kappa shape index (κ1) is 13.6. The van der Waals surface area contributed by atoms with Crippen LogP contribution in [0.4, 0.5) is 0 Å². The number of hydrogen-bond donors (Lipinski definition) is 1. The van der Waals surface area contributed by atoms with Crippen molar-refractivity contribution in [2.24, 2.45) is 5.92 Å². The van der Waals surface area contributed by atoms with Gasteiger partial charge in [-0.15, -0.1) is 0 Å². The Hall–Kier alpha value is -0.840. The molecule has 1 aliphatic heterocycles. The third kappa shape index (κ3) is 3.34. The number of nitrogens with zero attached hydrogens (tertiary/aromatic N) is 2. The van der Waals surface area contributed by atoms with Crippen molar-refractivity contribution < 1.29 is 4.79 Å². The Morgan fingerprint density at radius 1 is 1.56 bits per heavy atom. The second-order valence-electron chi connectivity index (χ2n) is 4.59. The summed E-state index contributed by atoms with van der Waals surface area (Å²) in [5.41, 5.74) is 0.190. The minimum absolute atomic E-state index is 0.190. The fourth-order valence-electron chi connectivity index (χ4n) is 2.09. The number of carbonyl (C=O) groups excluding carboxylic acids is 1. The van der Waals surface area contributed by atoms with Crippen molar-refractivity contribution in [1.82, 2.24) is 15.2 Å². The van der Waals surface area contributed by atoms with Crippen LogP contribution in [0.1, 0.15) is 16.9 Å². The fraction of sp³-hybridized carbons (Fsp3) is 0.500. The van der Waals surface area contributed by atoms with E-state index in [-0.39, 0.29) is 16.8 Å². The summed E-state index contributed by atoms with van der Waals surface area (Å²) in [6, 6.07) is 3.14. The number of rotatable bonds is 3. The van der Waals surface area contributed by atoms with Gasteiger partial charge in [0.15, 0.2) is 0 Å². The first-order valence-electron chi connectivity index (χ1n) is 5.85. The Bertz CT molecular complexity index is 453. The Kier molecular flexibility index (Phi) is 4.43. The molecule has 4 nitrogen and oxygen atoms in total. The van der Waals surface area contributed by atoms with Gasteiger partial charge in [0.25, 0.3) is 5.91 Å². The van der Waals surface area contributed by atoms with Gasteiger partial charge in [-0.3, -0.25) is 4.79 Å². The van der Waals surface area contributed by atoms with E-state index in [1.165, 1.54) is 0 Å². The second-order valence-corrected chi connectivity index (χ2v) is 5.39. The quantitative estimate of drug-likeness (QED) is 0.866. The van der Waals surface area contributed by atoms with Crippen LogP contribution in [-0.4, -0.2) is 42.5 Å². The van der Waals surface area contributed by atoms with E-state index in [1.54, 1.807) is 12.1 Å². The van der Waals surface area contributed by atoms with E-state index in [9.17, 15) is 4.79 Å². The van der Waals surface area contributed by atoms with Gasteiger partial charge in [-0.2, -0.15) is 0 Å². The molecule has 0 aromatic carbocycles. The molecule has 1 atom stereocenters. The third-order valence-electron chi connectivity index (χ3n) is 3.07. The highest BCUT2D eigenvalue weighted by Gasteiger charge is 2.21. The van der Waals surface area contributed by atoms with Gasteiger partial charge in [0.2, 0.25) is 0 Å². The van der Waals surface area contributed by atoms with Crippen LogP contribution in [0, 0.1) is 5.92 Å². The molecule has 0 bridgehead atoms. The van der Waals surface area contributed by atoms with E-state index in [0.29, 0.717) is 17.5 Å². The number of nitrogens with one attached hydrogen (secondary N) is 1. The minimum atomic E-state index is -0.267. The number of halogens is 2. The van der Waals surface area contributed by atoms with Crippen molar-refractivity contribution in [2.45, 2.75) is 6.42 Å². The molecule has 1 aromatic heterocycles. The maximum atomic E-state index is 11.9. The summed E-state index contributed by atoms with van der Waals surface area (Å²) in [7, 11) is 2.08. The maximum absolute atomic E-state index is 11.9. The van der Waals surface area contributed by atoms with Gasteiger partial charge in [-0.1, -0.05) is 23.2 Å². The Morgan fingerprint density at radius 2 is 2.33 bits per heavy atom. The number of aromatic nitrogens is 1. The topological polar surface area (TPSA) is 45.2 Å². The summed E-state index contributed by atoms with van der Waals surface area (Å²) in [4.78, 5) is 18.1. The number of likely N-dealkylation sites (tertiary alicyclic amines) is 1. The van der Waals surface area contributed by atoms with Gasteiger partial charge < -0.3 is 10.2 Å². The van der Waals surface area contributed by atoms with E-state index in [2.05, 4.69) is 22.2 Å². The molecule has 1 amide bonds. The maximum Gasteiger partial charge on any atom is 0.271 e. The van der Waals surface area contributed by atoms with Crippen molar-refractivity contribution in [3.63, 3.8) is 0 Å². The molecule has 18 heavy (non-hydrogen) atoms. The van der Waals surface area contributed by atoms with Crippen LogP contribution in [-0.2, 0) is 0 Å². The molecule has 1 unspecified atom stereocenters. The number of amides is 1. The summed E-state index contributed by atoms with van der Waals surface area (Å²) in [6.07, 6.45) is 1.10. The van der Waals surface area contributed by atoms with Crippen LogP contribution in [0.3, 0.4) is 0 Å². The fourth-order valence-corrected chi connectivity index (χ4v) is 2.43. The molecule has 1 N–H and O–H groups in total. The van der Waals surface area contributed by atoms with Gasteiger partial charge in [0.1, 0.15) is 10.8 Å². The SMILES string of the molecule is CN1CCC(CNC(=O)c2nc(Cl)ccc2Cl)C1. The first-order chi connectivity index (χ1) is 8.56. The average molecular weight is 288 g/mol. The molecule has 0 aliphatic carbocycles. The van der Waals surface area contributed by atoms with Crippen LogP contribution < -0.4 is 5.32 Å². The molecule has 0 saturated carbocycles. The molecule has 1 aliphatic rings. The minimum Gasteiger partial charge on any atom is -0.350 e. The highest BCUT2D eigenvalue weighted by molar-refractivity contribution is 6.34. The van der Waals surface area contributed by atoms with E-state index in [0.717, 1.165) is 19.5 Å². The molecule has 2 heterocycles. The Labute approximate surface area is 116 Å². The molecule has 0 spiro atoms. The third-order valence-corrected chi connectivity index (χ3v) is 3.58. The van der Waals surface area contributed by atoms with Crippen LogP contribution in [0.2, 0.25) is 10.2 Å². The number of hydrogen-bond acceptors (Lipinski definition) is 3. The van der Waals surface area contributed by atoms with Crippen LogP contribution in [0.25, 0.3) is 0 Å². The summed E-state index contributed by atoms with van der Waals surface area (Å²) in [5, 5.41) is 3.45. The standard InChI is InChI=1S/C12H15Cl2N3O/c1-17-5-4-8(7-17)6-15-12(18)11-9(13)2-3-10(14)16-11/h2-3,8H,4-7H2,1H3,(H,15,18). The highest BCUT2D eigenvalue weighted by atomic mass is 35.5. The van der Waals surface area contributed by atoms with Gasteiger partial charge >= 0.3 is 0 Å². The monoisotopic (exact) mass is 287 g/mol. The molecule has 1 aromatic rings. The molecule has 0 radical (unpaired) electrons. The lowest BCUT2D eigenvalue weighted by molar-refractivity contribution is 0.0942. The summed E-state index contributed by atoms with van der Waals surface area (Å²) in [6.45, 7) is 2.74. The zero-order valence-electron chi connectivity index (χ0n) is 10.1. The Morgan fingerprint density at radius 3 is 3.00 bits per heavy atom.